The molecule has 2 aromatic rings. The molecule has 0 amide bonds. The van der Waals surface area contributed by atoms with Crippen LogP contribution < -0.4 is 10.6 Å². The Bertz CT molecular complexity index is 508. The molecule has 18 heavy (non-hydrogen) atoms. The predicted molar refractivity (Wildman–Crippen MR) is 69.5 cm³/mol. The van der Waals surface area contributed by atoms with Crippen LogP contribution in [0.2, 0.25) is 0 Å². The third-order valence-corrected chi connectivity index (χ3v) is 2.99. The largest absolute Gasteiger partial charge is 0.309 e. The molecule has 0 saturated carbocycles. The van der Waals surface area contributed by atoms with Crippen molar-refractivity contribution in [2.24, 2.45) is 0 Å². The zero-order valence-corrected chi connectivity index (χ0v) is 10.0. The Balaban J connectivity index is 1.78. The van der Waals surface area contributed by atoms with E-state index >= 15 is 0 Å². The lowest BCUT2D eigenvalue weighted by atomic mass is 10.1. The van der Waals surface area contributed by atoms with Crippen LogP contribution in [0.1, 0.15) is 24.6 Å². The fourth-order valence-corrected chi connectivity index (χ4v) is 2.13. The second-order valence-electron chi connectivity index (χ2n) is 4.29. The molecule has 3 heterocycles. The standard InChI is InChI=1S/C13H15N5/c1-4-11(10-5-2-7-14-10)17-12(6-1)18-13-15-8-3-9-16-13/h1,3-4,6,8-10,14H,2,5,7H2,(H,15,16,17,18)/t10-/m1/s1. The number of hydrogen-bond acceptors (Lipinski definition) is 5. The van der Waals surface area contributed by atoms with E-state index in [2.05, 4.69) is 31.7 Å². The Labute approximate surface area is 106 Å². The van der Waals surface area contributed by atoms with E-state index in [1.807, 2.05) is 12.1 Å². The zero-order chi connectivity index (χ0) is 12.2. The first-order chi connectivity index (χ1) is 8.92. The van der Waals surface area contributed by atoms with Gasteiger partial charge in [0.25, 0.3) is 0 Å². The van der Waals surface area contributed by atoms with Crippen LogP contribution in [0, 0.1) is 0 Å². The maximum Gasteiger partial charge on any atom is 0.228 e. The summed E-state index contributed by atoms with van der Waals surface area (Å²) in [4.78, 5) is 12.8. The van der Waals surface area contributed by atoms with Crippen LogP contribution in [0.15, 0.2) is 36.7 Å². The second-order valence-corrected chi connectivity index (χ2v) is 4.29. The molecule has 92 valence electrons. The SMILES string of the molecule is c1cnc(Nc2cccc([C@H]3CCCN3)n2)nc1. The Hall–Kier alpha value is -2.01. The Morgan fingerprint density at radius 2 is 2.06 bits per heavy atom. The molecule has 2 N–H and O–H groups in total. The van der Waals surface area contributed by atoms with Crippen LogP contribution in [-0.4, -0.2) is 21.5 Å². The lowest BCUT2D eigenvalue weighted by molar-refractivity contribution is 0.629. The van der Waals surface area contributed by atoms with Crippen molar-refractivity contribution in [3.05, 3.63) is 42.4 Å². The number of nitrogens with zero attached hydrogens (tertiary/aromatic N) is 3. The average Bonchev–Trinajstić information content (AvgIpc) is 2.94. The number of anilines is 2. The molecule has 0 bridgehead atoms. The van der Waals surface area contributed by atoms with E-state index in [-0.39, 0.29) is 0 Å². The molecule has 0 aliphatic carbocycles. The molecule has 1 atom stereocenters. The number of aromatic nitrogens is 3. The molecule has 0 aromatic carbocycles. The minimum Gasteiger partial charge on any atom is -0.309 e. The van der Waals surface area contributed by atoms with Gasteiger partial charge < -0.3 is 10.6 Å². The molecule has 0 spiro atoms. The van der Waals surface area contributed by atoms with Crippen LogP contribution in [0.4, 0.5) is 11.8 Å². The summed E-state index contributed by atoms with van der Waals surface area (Å²) in [5, 5.41) is 6.55. The van der Waals surface area contributed by atoms with E-state index < -0.39 is 0 Å². The summed E-state index contributed by atoms with van der Waals surface area (Å²) in [5.74, 6) is 1.36. The Morgan fingerprint density at radius 3 is 2.83 bits per heavy atom. The summed E-state index contributed by atoms with van der Waals surface area (Å²) >= 11 is 0. The summed E-state index contributed by atoms with van der Waals surface area (Å²) in [6.45, 7) is 1.08. The van der Waals surface area contributed by atoms with Gasteiger partial charge in [0.1, 0.15) is 5.82 Å². The molecular formula is C13H15N5. The van der Waals surface area contributed by atoms with Crippen molar-refractivity contribution in [2.75, 3.05) is 11.9 Å². The second kappa shape index (κ2) is 5.10. The third kappa shape index (κ3) is 2.46. The fraction of sp³-hybridized carbons (Fsp3) is 0.308. The molecule has 3 rings (SSSR count). The quantitative estimate of drug-likeness (QED) is 0.861. The predicted octanol–water partition coefficient (Wildman–Crippen LogP) is 2.04. The van der Waals surface area contributed by atoms with Gasteiger partial charge in [0.05, 0.1) is 5.69 Å². The van der Waals surface area contributed by atoms with Crippen molar-refractivity contribution in [3.63, 3.8) is 0 Å². The molecule has 5 heteroatoms. The molecule has 2 aromatic heterocycles. The van der Waals surface area contributed by atoms with Gasteiger partial charge in [-0.1, -0.05) is 6.07 Å². The van der Waals surface area contributed by atoms with Gasteiger partial charge in [-0.3, -0.25) is 0 Å². The lowest BCUT2D eigenvalue weighted by Crippen LogP contribution is -2.14. The summed E-state index contributed by atoms with van der Waals surface area (Å²) < 4.78 is 0. The minimum absolute atomic E-state index is 0.378. The normalized spacial score (nSPS) is 18.8. The third-order valence-electron chi connectivity index (χ3n) is 2.99. The van der Waals surface area contributed by atoms with Crippen molar-refractivity contribution in [2.45, 2.75) is 18.9 Å². The Kier molecular flexibility index (Phi) is 3.14. The van der Waals surface area contributed by atoms with Crippen LogP contribution in [-0.2, 0) is 0 Å². The van der Waals surface area contributed by atoms with Gasteiger partial charge in [-0.2, -0.15) is 0 Å². The summed E-state index contributed by atoms with van der Waals surface area (Å²) in [6.07, 6.45) is 5.78. The summed E-state index contributed by atoms with van der Waals surface area (Å²) in [5.41, 5.74) is 1.08. The first kappa shape index (κ1) is 11.1. The van der Waals surface area contributed by atoms with Gasteiger partial charge >= 0.3 is 0 Å². The van der Waals surface area contributed by atoms with E-state index in [0.29, 0.717) is 12.0 Å². The molecule has 0 radical (unpaired) electrons. The molecule has 1 fully saturated rings. The van der Waals surface area contributed by atoms with E-state index in [1.165, 1.54) is 6.42 Å². The molecular weight excluding hydrogens is 226 g/mol. The highest BCUT2D eigenvalue weighted by Crippen LogP contribution is 2.22. The zero-order valence-electron chi connectivity index (χ0n) is 10.0. The van der Waals surface area contributed by atoms with Crippen molar-refractivity contribution in [1.29, 1.82) is 0 Å². The Morgan fingerprint density at radius 1 is 1.17 bits per heavy atom. The van der Waals surface area contributed by atoms with Crippen LogP contribution in [0.5, 0.6) is 0 Å². The highest BCUT2D eigenvalue weighted by Gasteiger charge is 2.17. The average molecular weight is 241 g/mol. The van der Waals surface area contributed by atoms with Gasteiger partial charge in [0, 0.05) is 18.4 Å². The highest BCUT2D eigenvalue weighted by atomic mass is 15.1. The highest BCUT2D eigenvalue weighted by molar-refractivity contribution is 5.47. The van der Waals surface area contributed by atoms with Gasteiger partial charge in [-0.25, -0.2) is 15.0 Å². The monoisotopic (exact) mass is 241 g/mol. The topological polar surface area (TPSA) is 62.7 Å². The van der Waals surface area contributed by atoms with Crippen molar-refractivity contribution < 1.29 is 0 Å². The lowest BCUT2D eigenvalue weighted by Gasteiger charge is -2.11. The molecule has 1 aliphatic rings. The summed E-state index contributed by atoms with van der Waals surface area (Å²) in [6, 6.07) is 8.16. The van der Waals surface area contributed by atoms with E-state index in [4.69, 9.17) is 0 Å². The molecule has 1 aliphatic heterocycles. The van der Waals surface area contributed by atoms with Crippen LogP contribution in [0.3, 0.4) is 0 Å². The maximum atomic E-state index is 4.60. The minimum atomic E-state index is 0.378. The summed E-state index contributed by atoms with van der Waals surface area (Å²) in [7, 11) is 0. The number of hydrogen-bond donors (Lipinski definition) is 2. The van der Waals surface area contributed by atoms with Gasteiger partial charge in [0.15, 0.2) is 0 Å². The van der Waals surface area contributed by atoms with Gasteiger partial charge in [-0.15, -0.1) is 0 Å². The van der Waals surface area contributed by atoms with Crippen molar-refractivity contribution in [3.8, 4) is 0 Å². The van der Waals surface area contributed by atoms with Gasteiger partial charge in [0.2, 0.25) is 5.95 Å². The fourth-order valence-electron chi connectivity index (χ4n) is 2.13. The van der Waals surface area contributed by atoms with Crippen LogP contribution >= 0.6 is 0 Å². The van der Waals surface area contributed by atoms with Crippen molar-refractivity contribution in [1.82, 2.24) is 20.3 Å². The molecule has 0 unspecified atom stereocenters. The first-order valence-corrected chi connectivity index (χ1v) is 6.16. The molecule has 1 saturated heterocycles. The van der Waals surface area contributed by atoms with E-state index in [1.54, 1.807) is 18.5 Å². The van der Waals surface area contributed by atoms with E-state index in [0.717, 1.165) is 24.5 Å². The maximum absolute atomic E-state index is 4.60. The number of pyridine rings is 1. The van der Waals surface area contributed by atoms with Crippen molar-refractivity contribution >= 4 is 11.8 Å². The first-order valence-electron chi connectivity index (χ1n) is 6.16. The van der Waals surface area contributed by atoms with E-state index in [9.17, 15) is 0 Å². The smallest absolute Gasteiger partial charge is 0.228 e. The number of nitrogens with one attached hydrogen (secondary N) is 2. The van der Waals surface area contributed by atoms with Gasteiger partial charge in [-0.05, 0) is 37.6 Å². The van der Waals surface area contributed by atoms with Crippen LogP contribution in [0.25, 0.3) is 0 Å². The number of rotatable bonds is 3. The molecule has 5 nitrogen and oxygen atoms in total.